The normalized spacial score (nSPS) is 14.5. The molecule has 0 rings (SSSR count). The number of methoxy groups -OCH3 is 1. The molecular formula is C22H55NO6PS+. The second-order valence-corrected chi connectivity index (χ2v) is 14.8. The van der Waals surface area contributed by atoms with Crippen molar-refractivity contribution in [3.05, 3.63) is 0 Å². The zero-order valence-electron chi connectivity index (χ0n) is 22.3. The van der Waals surface area contributed by atoms with Crippen LogP contribution in [0.2, 0.25) is 0 Å². The van der Waals surface area contributed by atoms with Crippen molar-refractivity contribution in [2.45, 2.75) is 79.8 Å². The van der Waals surface area contributed by atoms with Crippen LogP contribution in [0.15, 0.2) is 0 Å². The van der Waals surface area contributed by atoms with Gasteiger partial charge in [-0.25, -0.2) is 4.21 Å². The molecule has 0 saturated carbocycles. The third-order valence-electron chi connectivity index (χ3n) is 4.52. The maximum absolute atomic E-state index is 11.1. The minimum Gasteiger partial charge on any atom is -0.469 e. The molecule has 0 amide bonds. The predicted octanol–water partition coefficient (Wildman–Crippen LogP) is 5.17. The van der Waals surface area contributed by atoms with E-state index in [2.05, 4.69) is 49.8 Å². The summed E-state index contributed by atoms with van der Waals surface area (Å²) in [5, 5.41) is 0.00694. The molecule has 194 valence electrons. The Morgan fingerprint density at radius 3 is 1.26 bits per heavy atom. The number of rotatable bonds is 6. The van der Waals surface area contributed by atoms with Gasteiger partial charge in [0.25, 0.3) is 0 Å². The van der Waals surface area contributed by atoms with E-state index in [0.717, 1.165) is 10.5 Å². The highest BCUT2D eigenvalue weighted by molar-refractivity contribution is 7.96. The Labute approximate surface area is 195 Å². The van der Waals surface area contributed by atoms with Gasteiger partial charge in [-0.15, -0.1) is 0 Å². The van der Waals surface area contributed by atoms with Crippen LogP contribution in [0.5, 0.6) is 0 Å². The SMILES string of the molecule is C.C=S(=O)(OC)C(C)C.CC(C)[N+](C)(C)C.COC(=O)C(C)C.COP(C)(=O)C(C)C. The molecule has 0 radical (unpaired) electrons. The first kappa shape index (κ1) is 40.9. The van der Waals surface area contributed by atoms with Gasteiger partial charge in [0.1, 0.15) is 0 Å². The lowest BCUT2D eigenvalue weighted by Gasteiger charge is -2.28. The highest BCUT2D eigenvalue weighted by Gasteiger charge is 2.17. The summed E-state index contributed by atoms with van der Waals surface area (Å²) in [6.45, 7) is 17.1. The van der Waals surface area contributed by atoms with Gasteiger partial charge in [0.05, 0.1) is 57.1 Å². The molecule has 9 heteroatoms. The summed E-state index contributed by atoms with van der Waals surface area (Å²) < 4.78 is 36.8. The molecule has 0 saturated heterocycles. The fourth-order valence-corrected chi connectivity index (χ4v) is 1.45. The van der Waals surface area contributed by atoms with Gasteiger partial charge in [0.15, 0.2) is 0 Å². The minimum absolute atomic E-state index is 0. The fourth-order valence-electron chi connectivity index (χ4n) is 0.639. The highest BCUT2D eigenvalue weighted by atomic mass is 32.2. The van der Waals surface area contributed by atoms with Gasteiger partial charge in [-0.1, -0.05) is 35.1 Å². The van der Waals surface area contributed by atoms with Crippen LogP contribution in [0.1, 0.15) is 62.8 Å². The smallest absolute Gasteiger partial charge is 0.308 e. The van der Waals surface area contributed by atoms with E-state index >= 15 is 0 Å². The predicted molar refractivity (Wildman–Crippen MR) is 140 cm³/mol. The number of hydrogen-bond donors (Lipinski definition) is 0. The second kappa shape index (κ2) is 19.1. The van der Waals surface area contributed by atoms with E-state index in [1.807, 2.05) is 27.7 Å². The van der Waals surface area contributed by atoms with Crippen LogP contribution in [0.25, 0.3) is 0 Å². The fraction of sp³-hybridized carbons (Fsp3) is 0.909. The molecular weight excluding hydrogens is 437 g/mol. The minimum atomic E-state index is -2.25. The third-order valence-corrected chi connectivity index (χ3v) is 9.12. The average molecular weight is 493 g/mol. The lowest BCUT2D eigenvalue weighted by atomic mass is 10.2. The number of quaternary nitrogens is 1. The average Bonchev–Trinajstić information content (AvgIpc) is 2.61. The summed E-state index contributed by atoms with van der Waals surface area (Å²) in [7, 11) is 6.41. The Morgan fingerprint density at radius 1 is 0.935 bits per heavy atom. The van der Waals surface area contributed by atoms with Crippen LogP contribution in [0.3, 0.4) is 0 Å². The van der Waals surface area contributed by atoms with Crippen LogP contribution >= 0.6 is 7.37 Å². The molecule has 2 unspecified atom stereocenters. The lowest BCUT2D eigenvalue weighted by Crippen LogP contribution is -2.41. The van der Waals surface area contributed by atoms with E-state index in [1.165, 1.54) is 21.3 Å². The molecule has 0 aromatic rings. The van der Waals surface area contributed by atoms with E-state index in [1.54, 1.807) is 20.5 Å². The zero-order chi connectivity index (χ0) is 25.5. The Morgan fingerprint density at radius 2 is 1.26 bits per heavy atom. The maximum atomic E-state index is 11.1. The van der Waals surface area contributed by atoms with Gasteiger partial charge >= 0.3 is 5.97 Å². The monoisotopic (exact) mass is 492 g/mol. The maximum Gasteiger partial charge on any atom is 0.308 e. The van der Waals surface area contributed by atoms with Gasteiger partial charge < -0.3 is 17.9 Å². The van der Waals surface area contributed by atoms with Gasteiger partial charge in [0.2, 0.25) is 7.37 Å². The van der Waals surface area contributed by atoms with Gasteiger partial charge in [-0.2, -0.15) is 0 Å². The number of ether oxygens (including phenoxy) is 1. The Kier molecular flexibility index (Phi) is 25.2. The van der Waals surface area contributed by atoms with E-state index in [0.29, 0.717) is 0 Å². The molecule has 0 N–H and O–H groups in total. The quantitative estimate of drug-likeness (QED) is 0.220. The standard InChI is InChI=1S/C6H16N.C5H13O2P.C5H12O2S.C5H10O2.CH4/c1-6(2)7(3,4)5;2*1-5(2)8(4,6)7-3;1-4(2)5(6)7-3;/h6H,1-5H3;5H,1-4H3;5H,4H2,1-3H3;4H,1-3H3;1H4/q+1;;;;. The Bertz CT molecular complexity index is 579. The molecule has 7 nitrogen and oxygen atoms in total. The summed E-state index contributed by atoms with van der Waals surface area (Å²) >= 11 is 0. The van der Waals surface area contributed by atoms with E-state index in [-0.39, 0.29) is 30.2 Å². The van der Waals surface area contributed by atoms with Crippen molar-refractivity contribution in [3.63, 3.8) is 0 Å². The molecule has 0 heterocycles. The summed E-state index contributed by atoms with van der Waals surface area (Å²) in [5.41, 5.74) is 0.146. The van der Waals surface area contributed by atoms with E-state index in [4.69, 9.17) is 4.52 Å². The van der Waals surface area contributed by atoms with Crippen molar-refractivity contribution >= 4 is 29.0 Å². The van der Waals surface area contributed by atoms with Gasteiger partial charge in [0, 0.05) is 24.7 Å². The molecule has 2 atom stereocenters. The van der Waals surface area contributed by atoms with Crippen molar-refractivity contribution in [1.29, 1.82) is 0 Å². The second-order valence-electron chi connectivity index (χ2n) is 8.95. The summed E-state index contributed by atoms with van der Waals surface area (Å²) in [6.07, 6.45) is 0. The molecule has 0 bridgehead atoms. The Balaban J connectivity index is -0.0000000961. The molecule has 0 spiro atoms. The van der Waals surface area contributed by atoms with Gasteiger partial charge in [-0.05, 0) is 33.6 Å². The first-order valence-electron chi connectivity index (χ1n) is 10.1. The Hall–Kier alpha value is -0.400. The topological polar surface area (TPSA) is 78.9 Å². The molecule has 0 aliphatic heterocycles. The van der Waals surface area contributed by atoms with E-state index in [9.17, 15) is 13.6 Å². The largest absolute Gasteiger partial charge is 0.469 e. The summed E-state index contributed by atoms with van der Waals surface area (Å²) in [4.78, 5) is 10.3. The first-order valence-corrected chi connectivity index (χ1v) is 13.9. The third kappa shape index (κ3) is 25.7. The highest BCUT2D eigenvalue weighted by Crippen LogP contribution is 2.46. The number of carbonyl (C=O) groups excluding carboxylic acids is 1. The zero-order valence-corrected chi connectivity index (χ0v) is 24.0. The van der Waals surface area contributed by atoms with Crippen LogP contribution in [0.4, 0.5) is 0 Å². The molecule has 0 aromatic carbocycles. The summed E-state index contributed by atoms with van der Waals surface area (Å²) in [5.74, 6) is 3.25. The molecule has 0 aliphatic carbocycles. The number of carbonyl (C=O) groups is 1. The number of esters is 1. The van der Waals surface area contributed by atoms with Crippen molar-refractivity contribution in [3.8, 4) is 0 Å². The van der Waals surface area contributed by atoms with Crippen molar-refractivity contribution in [2.24, 2.45) is 5.92 Å². The number of hydrogen-bond acceptors (Lipinski definition) is 6. The molecule has 31 heavy (non-hydrogen) atoms. The van der Waals surface area contributed by atoms with E-state index < -0.39 is 17.2 Å². The molecule has 0 fully saturated rings. The summed E-state index contributed by atoms with van der Waals surface area (Å²) in [6, 6.07) is 0.736. The number of nitrogens with zero attached hydrogens (tertiary/aromatic N) is 1. The van der Waals surface area contributed by atoms with Gasteiger partial charge in [-0.3, -0.25) is 9.36 Å². The molecule has 0 aromatic heterocycles. The van der Waals surface area contributed by atoms with Crippen LogP contribution in [-0.4, -0.2) is 86.6 Å². The van der Waals surface area contributed by atoms with Crippen molar-refractivity contribution in [2.75, 3.05) is 49.1 Å². The molecule has 0 aliphatic rings. The van der Waals surface area contributed by atoms with Crippen LogP contribution in [0, 0.1) is 5.92 Å². The first-order chi connectivity index (χ1) is 13.1. The lowest BCUT2D eigenvalue weighted by molar-refractivity contribution is -0.891. The van der Waals surface area contributed by atoms with Crippen LogP contribution in [-0.2, 0) is 32.6 Å². The van der Waals surface area contributed by atoms with Crippen molar-refractivity contribution < 1.29 is 31.5 Å². The van der Waals surface area contributed by atoms with Crippen molar-refractivity contribution in [1.82, 2.24) is 0 Å². The van der Waals surface area contributed by atoms with Crippen LogP contribution < -0.4 is 0 Å².